The van der Waals surface area contributed by atoms with Crippen LogP contribution in [-0.4, -0.2) is 51.8 Å². The molecular formula is C20H23BrF2N4O4. The van der Waals surface area contributed by atoms with Crippen LogP contribution in [0.2, 0.25) is 0 Å². The Morgan fingerprint density at radius 2 is 2.13 bits per heavy atom. The van der Waals surface area contributed by atoms with Gasteiger partial charge in [0.25, 0.3) is 5.56 Å². The van der Waals surface area contributed by atoms with Crippen molar-refractivity contribution in [3.05, 3.63) is 50.2 Å². The molecule has 0 bridgehead atoms. The fourth-order valence-electron chi connectivity index (χ4n) is 3.45. The highest BCUT2D eigenvalue weighted by molar-refractivity contribution is 9.10. The molecule has 31 heavy (non-hydrogen) atoms. The molecule has 0 radical (unpaired) electrons. The minimum absolute atomic E-state index is 0.0179. The summed E-state index contributed by atoms with van der Waals surface area (Å²) in [6.45, 7) is 4.31. The van der Waals surface area contributed by atoms with Gasteiger partial charge < -0.3 is 19.6 Å². The van der Waals surface area contributed by atoms with E-state index in [-0.39, 0.29) is 40.2 Å². The van der Waals surface area contributed by atoms with E-state index in [1.54, 1.807) is 0 Å². The van der Waals surface area contributed by atoms with Crippen molar-refractivity contribution in [2.45, 2.75) is 39.0 Å². The van der Waals surface area contributed by atoms with Crippen molar-refractivity contribution >= 4 is 28.0 Å². The minimum Gasteiger partial charge on any atom is -0.472 e. The summed E-state index contributed by atoms with van der Waals surface area (Å²) < 4.78 is 34.2. The Morgan fingerprint density at radius 1 is 1.42 bits per heavy atom. The van der Waals surface area contributed by atoms with E-state index in [1.165, 1.54) is 22.6 Å². The van der Waals surface area contributed by atoms with Crippen molar-refractivity contribution in [2.24, 2.45) is 0 Å². The maximum atomic E-state index is 13.9. The molecule has 1 aromatic carbocycles. The Hall–Kier alpha value is -2.69. The van der Waals surface area contributed by atoms with Crippen molar-refractivity contribution in [3.63, 3.8) is 0 Å². The van der Waals surface area contributed by atoms with Crippen LogP contribution in [0.4, 0.5) is 19.5 Å². The molecule has 1 amide bonds. The Morgan fingerprint density at radius 3 is 2.74 bits per heavy atom. The van der Waals surface area contributed by atoms with Crippen LogP contribution in [0.15, 0.2) is 27.5 Å². The van der Waals surface area contributed by atoms with Crippen LogP contribution in [0.25, 0.3) is 0 Å². The van der Waals surface area contributed by atoms with Crippen molar-refractivity contribution in [1.29, 1.82) is 0 Å². The summed E-state index contributed by atoms with van der Waals surface area (Å²) in [5.41, 5.74) is -0.251. The molecule has 0 aliphatic carbocycles. The molecule has 3 rings (SSSR count). The summed E-state index contributed by atoms with van der Waals surface area (Å²) in [6, 6.07) is 2.69. The van der Waals surface area contributed by atoms with Gasteiger partial charge in [-0.1, -0.05) is 0 Å². The summed E-state index contributed by atoms with van der Waals surface area (Å²) >= 11 is 3.22. The van der Waals surface area contributed by atoms with E-state index >= 15 is 0 Å². The fraction of sp³-hybridized carbons (Fsp3) is 0.450. The van der Waals surface area contributed by atoms with Gasteiger partial charge in [0.15, 0.2) is 0 Å². The fourth-order valence-corrected chi connectivity index (χ4v) is 3.84. The number of ether oxygens (including phenoxy) is 1. The second-order valence-electron chi connectivity index (χ2n) is 7.61. The molecule has 168 valence electrons. The van der Waals surface area contributed by atoms with Crippen molar-refractivity contribution < 1.29 is 23.4 Å². The number of hydrogen-bond donors (Lipinski definition) is 1. The Balaban J connectivity index is 1.92. The number of rotatable bonds is 6. The van der Waals surface area contributed by atoms with Crippen molar-refractivity contribution in [2.75, 3.05) is 25.0 Å². The minimum atomic E-state index is -1.03. The molecule has 1 saturated heterocycles. The molecule has 0 saturated carbocycles. The van der Waals surface area contributed by atoms with Gasteiger partial charge in [-0.25, -0.2) is 13.6 Å². The van der Waals surface area contributed by atoms with E-state index in [0.717, 1.165) is 12.1 Å². The zero-order chi connectivity index (χ0) is 22.9. The number of nitrogens with zero attached hydrogens (tertiary/aromatic N) is 4. The molecule has 1 aliphatic heterocycles. The molecule has 2 aromatic rings. The third-order valence-corrected chi connectivity index (χ3v) is 5.88. The second kappa shape index (κ2) is 9.21. The summed E-state index contributed by atoms with van der Waals surface area (Å²) in [4.78, 5) is 31.9. The van der Waals surface area contributed by atoms with Crippen LogP contribution in [0, 0.1) is 11.6 Å². The molecule has 1 atom stereocenters. The number of likely N-dealkylation sites (N-methyl/N-ethyl adjacent to an activating group) is 1. The normalized spacial score (nSPS) is 16.1. The van der Waals surface area contributed by atoms with E-state index in [9.17, 15) is 23.5 Å². The molecule has 1 fully saturated rings. The summed E-state index contributed by atoms with van der Waals surface area (Å²) in [6.07, 6.45) is -0.439. The third-order valence-electron chi connectivity index (χ3n) is 5.20. The highest BCUT2D eigenvalue weighted by Gasteiger charge is 2.32. The van der Waals surface area contributed by atoms with Crippen LogP contribution in [0.5, 0.6) is 5.88 Å². The average molecular weight is 501 g/mol. The molecule has 8 nitrogen and oxygen atoms in total. The highest BCUT2D eigenvalue weighted by atomic mass is 79.9. The first-order valence-corrected chi connectivity index (χ1v) is 10.5. The number of amides is 1. The Kier molecular flexibility index (Phi) is 6.83. The van der Waals surface area contributed by atoms with Gasteiger partial charge in [-0.15, -0.1) is 0 Å². The molecule has 1 aliphatic rings. The first kappa shape index (κ1) is 23.0. The van der Waals surface area contributed by atoms with Gasteiger partial charge in [0.05, 0.1) is 6.04 Å². The average Bonchev–Trinajstić information content (AvgIpc) is 3.18. The van der Waals surface area contributed by atoms with E-state index in [4.69, 9.17) is 4.74 Å². The highest BCUT2D eigenvalue weighted by Crippen LogP contribution is 2.28. The summed E-state index contributed by atoms with van der Waals surface area (Å²) in [5, 5.41) is 9.24. The lowest BCUT2D eigenvalue weighted by molar-refractivity contribution is 0.142. The maximum absolute atomic E-state index is 13.9. The second-order valence-corrected chi connectivity index (χ2v) is 8.40. The van der Waals surface area contributed by atoms with E-state index in [2.05, 4.69) is 20.9 Å². The largest absolute Gasteiger partial charge is 0.472 e. The number of benzene rings is 1. The smallest absolute Gasteiger partial charge is 0.407 e. The molecule has 1 N–H and O–H groups in total. The lowest BCUT2D eigenvalue weighted by atomic mass is 10.2. The molecule has 0 spiro atoms. The standard InChI is InChI=1S/C20H23BrF2N4O4/c1-11(2)27-18(28)16(21)17(31-10-12-4-5-13(22)8-15(12)23)24-19(27)26-7-6-14(9-26)25(3)20(29)30/h4-5,8,11,14H,6-7,9-10H2,1-3H3,(H,29,30)/t14-/m1/s1. The van der Waals surface area contributed by atoms with Crippen molar-refractivity contribution in [3.8, 4) is 5.88 Å². The first-order chi connectivity index (χ1) is 14.6. The third kappa shape index (κ3) is 4.81. The molecule has 2 heterocycles. The SMILES string of the molecule is CC(C)n1c(N2CC[C@@H](N(C)C(=O)O)C2)nc(OCc2ccc(F)cc2F)c(Br)c1=O. The molecular weight excluding hydrogens is 478 g/mol. The first-order valence-electron chi connectivity index (χ1n) is 9.69. The maximum Gasteiger partial charge on any atom is 0.407 e. The van der Waals surface area contributed by atoms with Gasteiger partial charge in [0, 0.05) is 37.8 Å². The zero-order valence-electron chi connectivity index (χ0n) is 17.3. The summed E-state index contributed by atoms with van der Waals surface area (Å²) in [5.74, 6) is -1.13. The topological polar surface area (TPSA) is 87.9 Å². The van der Waals surface area contributed by atoms with Gasteiger partial charge >= 0.3 is 6.09 Å². The van der Waals surface area contributed by atoms with E-state index < -0.39 is 17.7 Å². The lowest BCUT2D eigenvalue weighted by Gasteiger charge is -2.26. The lowest BCUT2D eigenvalue weighted by Crippen LogP contribution is -2.39. The van der Waals surface area contributed by atoms with E-state index in [1.807, 2.05) is 18.7 Å². The van der Waals surface area contributed by atoms with Gasteiger partial charge in [-0.05, 0) is 48.3 Å². The number of carboxylic acid groups (broad SMARTS) is 1. The molecule has 1 aromatic heterocycles. The van der Waals surface area contributed by atoms with Gasteiger partial charge in [-0.2, -0.15) is 4.98 Å². The van der Waals surface area contributed by atoms with Crippen LogP contribution in [0.3, 0.4) is 0 Å². The Labute approximate surface area is 186 Å². The van der Waals surface area contributed by atoms with Crippen LogP contribution in [0.1, 0.15) is 31.9 Å². The van der Waals surface area contributed by atoms with Gasteiger partial charge in [0.2, 0.25) is 11.8 Å². The van der Waals surface area contributed by atoms with E-state index in [0.29, 0.717) is 25.5 Å². The van der Waals surface area contributed by atoms with Crippen LogP contribution >= 0.6 is 15.9 Å². The predicted octanol–water partition coefficient (Wildman–Crippen LogP) is 3.63. The number of halogens is 3. The monoisotopic (exact) mass is 500 g/mol. The molecule has 0 unspecified atom stereocenters. The van der Waals surface area contributed by atoms with Crippen LogP contribution in [-0.2, 0) is 6.61 Å². The summed E-state index contributed by atoms with van der Waals surface area (Å²) in [7, 11) is 1.51. The quantitative estimate of drug-likeness (QED) is 0.651. The number of carbonyl (C=O) groups is 1. The van der Waals surface area contributed by atoms with Crippen molar-refractivity contribution in [1.82, 2.24) is 14.5 Å². The zero-order valence-corrected chi connectivity index (χ0v) is 18.9. The number of anilines is 1. The molecule has 11 heteroatoms. The van der Waals surface area contributed by atoms with Crippen LogP contribution < -0.4 is 15.2 Å². The number of aromatic nitrogens is 2. The van der Waals surface area contributed by atoms with Gasteiger partial charge in [-0.3, -0.25) is 9.36 Å². The number of hydrogen-bond acceptors (Lipinski definition) is 5. The van der Waals surface area contributed by atoms with Gasteiger partial charge in [0.1, 0.15) is 22.7 Å². The Bertz CT molecular complexity index is 1050. The predicted molar refractivity (Wildman–Crippen MR) is 114 cm³/mol.